The predicted octanol–water partition coefficient (Wildman–Crippen LogP) is 1.69. The third-order valence-electron chi connectivity index (χ3n) is 5.63. The molecule has 1 aliphatic rings. The Morgan fingerprint density at radius 2 is 1.91 bits per heavy atom. The van der Waals surface area contributed by atoms with E-state index in [2.05, 4.69) is 20.9 Å². The highest BCUT2D eigenvalue weighted by Gasteiger charge is 2.32. The van der Waals surface area contributed by atoms with Crippen molar-refractivity contribution in [2.45, 2.75) is 51.8 Å². The van der Waals surface area contributed by atoms with Crippen LogP contribution in [0.1, 0.15) is 37.0 Å². The summed E-state index contributed by atoms with van der Waals surface area (Å²) in [7, 11) is 0. The van der Waals surface area contributed by atoms with Crippen LogP contribution < -0.4 is 16.0 Å². The van der Waals surface area contributed by atoms with E-state index in [9.17, 15) is 19.2 Å². The summed E-state index contributed by atoms with van der Waals surface area (Å²) in [4.78, 5) is 54.7. The number of aryl methyl sites for hydroxylation is 1. The Hall–Kier alpha value is -3.75. The first-order chi connectivity index (χ1) is 16.3. The van der Waals surface area contributed by atoms with E-state index < -0.39 is 35.8 Å². The van der Waals surface area contributed by atoms with Crippen molar-refractivity contribution in [2.24, 2.45) is 5.92 Å². The van der Waals surface area contributed by atoms with Crippen LogP contribution in [0.5, 0.6) is 0 Å². The van der Waals surface area contributed by atoms with Crippen LogP contribution >= 0.6 is 0 Å². The maximum Gasteiger partial charge on any atom is 0.408 e. The second-order valence-corrected chi connectivity index (χ2v) is 8.56. The standard InChI is InChI=1S/C25H30N4O5/c1-16(2)21(29-25(33)34-15-17-7-4-3-5-8-17)23(31)28-20-13-19-14-26-12-10-18(19)9-6-11-27-24(32)22(20)30/h3-5,7-8,10,12,14,16,20-21H,6,9,11,13,15H2,1-2H3,(H,27,32)(H,28,31)(H,29,33). The molecule has 34 heavy (non-hydrogen) atoms. The van der Waals surface area contributed by atoms with Crippen molar-refractivity contribution in [2.75, 3.05) is 6.54 Å². The molecule has 180 valence electrons. The Morgan fingerprint density at radius 1 is 1.15 bits per heavy atom. The minimum absolute atomic E-state index is 0.0597. The van der Waals surface area contributed by atoms with E-state index in [4.69, 9.17) is 4.74 Å². The molecule has 3 rings (SSSR count). The molecule has 0 radical (unpaired) electrons. The molecule has 1 aliphatic heterocycles. The Labute approximate surface area is 198 Å². The first-order valence-electron chi connectivity index (χ1n) is 11.4. The van der Waals surface area contributed by atoms with Gasteiger partial charge in [0.25, 0.3) is 5.91 Å². The third-order valence-corrected chi connectivity index (χ3v) is 5.63. The molecular formula is C25H30N4O5. The molecule has 0 fully saturated rings. The van der Waals surface area contributed by atoms with Crippen molar-refractivity contribution in [3.63, 3.8) is 0 Å². The average molecular weight is 467 g/mol. The Morgan fingerprint density at radius 3 is 2.65 bits per heavy atom. The second kappa shape index (κ2) is 11.9. The summed E-state index contributed by atoms with van der Waals surface area (Å²) in [6.07, 6.45) is 4.12. The average Bonchev–Trinajstić information content (AvgIpc) is 2.83. The van der Waals surface area contributed by atoms with Gasteiger partial charge in [-0.05, 0) is 41.5 Å². The third kappa shape index (κ3) is 6.87. The van der Waals surface area contributed by atoms with Gasteiger partial charge in [-0.2, -0.15) is 0 Å². The number of Topliss-reactive ketones (excluding diaryl/α,β-unsaturated/α-hetero) is 1. The van der Waals surface area contributed by atoms with Crippen molar-refractivity contribution < 1.29 is 23.9 Å². The maximum atomic E-state index is 13.1. The van der Waals surface area contributed by atoms with Gasteiger partial charge in [-0.15, -0.1) is 0 Å². The fourth-order valence-corrected chi connectivity index (χ4v) is 3.73. The quantitative estimate of drug-likeness (QED) is 0.556. The smallest absolute Gasteiger partial charge is 0.408 e. The summed E-state index contributed by atoms with van der Waals surface area (Å²) in [6, 6.07) is 9.01. The Bertz CT molecular complexity index is 1020. The fraction of sp³-hybridized carbons (Fsp3) is 0.400. The SMILES string of the molecule is CC(C)C(NC(=O)OCc1ccccc1)C(=O)NC1Cc2cnccc2CCCNC(=O)C1=O. The summed E-state index contributed by atoms with van der Waals surface area (Å²) in [5.41, 5.74) is 2.63. The van der Waals surface area contributed by atoms with Gasteiger partial charge in [-0.1, -0.05) is 44.2 Å². The van der Waals surface area contributed by atoms with Crippen LogP contribution in [0.4, 0.5) is 4.79 Å². The number of benzene rings is 1. The van der Waals surface area contributed by atoms with Crippen LogP contribution in [-0.2, 0) is 38.6 Å². The highest BCUT2D eigenvalue weighted by molar-refractivity contribution is 6.38. The van der Waals surface area contributed by atoms with Gasteiger partial charge in [0.15, 0.2) is 0 Å². The number of carbonyl (C=O) groups is 4. The van der Waals surface area contributed by atoms with Gasteiger partial charge in [-0.3, -0.25) is 19.4 Å². The van der Waals surface area contributed by atoms with Gasteiger partial charge >= 0.3 is 6.09 Å². The molecule has 2 atom stereocenters. The highest BCUT2D eigenvalue weighted by atomic mass is 16.5. The van der Waals surface area contributed by atoms with Crippen LogP contribution in [0.3, 0.4) is 0 Å². The highest BCUT2D eigenvalue weighted by Crippen LogP contribution is 2.14. The van der Waals surface area contributed by atoms with Crippen molar-refractivity contribution >= 4 is 23.7 Å². The molecule has 2 heterocycles. The molecule has 1 aromatic carbocycles. The largest absolute Gasteiger partial charge is 0.445 e. The summed E-state index contributed by atoms with van der Waals surface area (Å²) in [6.45, 7) is 3.95. The number of nitrogens with zero attached hydrogens (tertiary/aromatic N) is 1. The first kappa shape index (κ1) is 24.9. The van der Waals surface area contributed by atoms with Gasteiger partial charge in [0.2, 0.25) is 11.7 Å². The van der Waals surface area contributed by atoms with Crippen molar-refractivity contribution in [1.82, 2.24) is 20.9 Å². The summed E-state index contributed by atoms with van der Waals surface area (Å²) in [5.74, 6) is -2.34. The van der Waals surface area contributed by atoms with Crippen LogP contribution in [0.25, 0.3) is 0 Å². The number of amides is 3. The lowest BCUT2D eigenvalue weighted by molar-refractivity contribution is -0.140. The number of pyridine rings is 1. The number of hydrogen-bond donors (Lipinski definition) is 3. The zero-order valence-corrected chi connectivity index (χ0v) is 19.4. The summed E-state index contributed by atoms with van der Waals surface area (Å²) < 4.78 is 5.23. The maximum absolute atomic E-state index is 13.1. The topological polar surface area (TPSA) is 126 Å². The molecule has 3 amide bonds. The predicted molar refractivity (Wildman–Crippen MR) is 125 cm³/mol. The Balaban J connectivity index is 1.70. The number of fused-ring (bicyclic) bond motifs is 1. The molecule has 0 aliphatic carbocycles. The van der Waals surface area contributed by atoms with Gasteiger partial charge in [-0.25, -0.2) is 4.79 Å². The molecule has 9 nitrogen and oxygen atoms in total. The molecular weight excluding hydrogens is 436 g/mol. The van der Waals surface area contributed by atoms with Gasteiger partial charge < -0.3 is 20.7 Å². The van der Waals surface area contributed by atoms with E-state index in [1.165, 1.54) is 0 Å². The summed E-state index contributed by atoms with van der Waals surface area (Å²) in [5, 5.41) is 7.85. The fourth-order valence-electron chi connectivity index (χ4n) is 3.73. The minimum Gasteiger partial charge on any atom is -0.445 e. The normalized spacial score (nSPS) is 17.2. The van der Waals surface area contributed by atoms with Crippen LogP contribution in [-0.4, -0.2) is 47.3 Å². The number of alkyl carbamates (subject to hydrolysis) is 1. The molecule has 2 aromatic rings. The number of rotatable bonds is 6. The molecule has 0 bridgehead atoms. The van der Waals surface area contributed by atoms with Crippen LogP contribution in [0.15, 0.2) is 48.8 Å². The minimum atomic E-state index is -1.09. The van der Waals surface area contributed by atoms with Crippen molar-refractivity contribution in [3.8, 4) is 0 Å². The number of hydrogen-bond acceptors (Lipinski definition) is 6. The molecule has 1 aromatic heterocycles. The zero-order chi connectivity index (χ0) is 24.5. The van der Waals surface area contributed by atoms with Crippen LogP contribution in [0, 0.1) is 5.92 Å². The number of aromatic nitrogens is 1. The first-order valence-corrected chi connectivity index (χ1v) is 11.4. The van der Waals surface area contributed by atoms with Crippen LogP contribution in [0.2, 0.25) is 0 Å². The zero-order valence-electron chi connectivity index (χ0n) is 19.4. The molecule has 3 N–H and O–H groups in total. The molecule has 0 saturated carbocycles. The number of nitrogens with one attached hydrogen (secondary N) is 3. The number of ketones is 1. The van der Waals surface area contributed by atoms with E-state index >= 15 is 0 Å². The molecule has 2 unspecified atom stereocenters. The second-order valence-electron chi connectivity index (χ2n) is 8.56. The lowest BCUT2D eigenvalue weighted by Crippen LogP contribution is -2.56. The van der Waals surface area contributed by atoms with E-state index in [1.54, 1.807) is 26.2 Å². The van der Waals surface area contributed by atoms with Gasteiger partial charge in [0.05, 0.1) is 0 Å². The Kier molecular flexibility index (Phi) is 8.73. The number of ether oxygens (including phenoxy) is 1. The molecule has 0 saturated heterocycles. The van der Waals surface area contributed by atoms with Crippen molar-refractivity contribution in [1.29, 1.82) is 0 Å². The molecule has 9 heteroatoms. The van der Waals surface area contributed by atoms with Gasteiger partial charge in [0, 0.05) is 25.4 Å². The monoisotopic (exact) mass is 466 g/mol. The van der Waals surface area contributed by atoms with E-state index in [0.29, 0.717) is 13.0 Å². The lowest BCUT2D eigenvalue weighted by atomic mass is 9.95. The van der Waals surface area contributed by atoms with E-state index in [0.717, 1.165) is 23.1 Å². The molecule has 0 spiro atoms. The number of carbonyl (C=O) groups excluding carboxylic acids is 4. The van der Waals surface area contributed by atoms with E-state index in [1.807, 2.05) is 36.4 Å². The van der Waals surface area contributed by atoms with Gasteiger partial charge in [0.1, 0.15) is 18.7 Å². The van der Waals surface area contributed by atoms with Crippen molar-refractivity contribution in [3.05, 3.63) is 65.5 Å². The lowest BCUT2D eigenvalue weighted by Gasteiger charge is -2.25. The summed E-state index contributed by atoms with van der Waals surface area (Å²) >= 11 is 0. The van der Waals surface area contributed by atoms with E-state index in [-0.39, 0.29) is 18.9 Å².